The van der Waals surface area contributed by atoms with E-state index in [9.17, 15) is 9.59 Å². The maximum atomic E-state index is 13.1. The zero-order valence-electron chi connectivity index (χ0n) is 15.9. The van der Waals surface area contributed by atoms with Crippen molar-refractivity contribution in [1.29, 1.82) is 0 Å². The smallest absolute Gasteiger partial charge is 0.410 e. The molecule has 0 spiro atoms. The molecule has 1 saturated heterocycles. The molecule has 0 saturated carbocycles. The van der Waals surface area contributed by atoms with E-state index in [0.717, 1.165) is 17.5 Å². The Bertz CT molecular complexity index is 779. The molecule has 0 aromatic heterocycles. The normalized spacial score (nSPS) is 19.0. The van der Waals surface area contributed by atoms with Gasteiger partial charge in [0.1, 0.15) is 12.1 Å². The van der Waals surface area contributed by atoms with Crippen LogP contribution in [0.1, 0.15) is 30.9 Å². The summed E-state index contributed by atoms with van der Waals surface area (Å²) in [5, 5.41) is 0. The fourth-order valence-corrected chi connectivity index (χ4v) is 3.62. The second kappa shape index (κ2) is 8.25. The van der Waals surface area contributed by atoms with Crippen molar-refractivity contribution in [2.75, 3.05) is 13.6 Å². The largest absolute Gasteiger partial charge is 0.445 e. The van der Waals surface area contributed by atoms with E-state index < -0.39 is 11.6 Å². The summed E-state index contributed by atoms with van der Waals surface area (Å²) in [6.45, 7) is 3.10. The van der Waals surface area contributed by atoms with Crippen molar-refractivity contribution in [3.8, 4) is 0 Å². The van der Waals surface area contributed by atoms with E-state index in [2.05, 4.69) is 0 Å². The van der Waals surface area contributed by atoms with E-state index in [4.69, 9.17) is 4.74 Å². The van der Waals surface area contributed by atoms with Crippen LogP contribution in [0.15, 0.2) is 60.7 Å². The van der Waals surface area contributed by atoms with E-state index in [1.54, 1.807) is 16.8 Å². The fourth-order valence-electron chi connectivity index (χ4n) is 3.62. The maximum absolute atomic E-state index is 13.1. The zero-order valence-corrected chi connectivity index (χ0v) is 15.9. The molecule has 1 aliphatic heterocycles. The van der Waals surface area contributed by atoms with Crippen LogP contribution in [0.4, 0.5) is 4.79 Å². The predicted octanol–water partition coefficient (Wildman–Crippen LogP) is 3.84. The molecule has 1 unspecified atom stereocenters. The molecule has 5 nitrogen and oxygen atoms in total. The highest BCUT2D eigenvalue weighted by Gasteiger charge is 2.47. The minimum Gasteiger partial charge on any atom is -0.445 e. The second-order valence-electron chi connectivity index (χ2n) is 7.22. The standard InChI is InChI=1S/C22H26N2O3/c1-22(20(25)23(2)16-18-10-5-3-6-11-18)14-9-15-24(22)21(26)27-17-19-12-7-4-8-13-19/h3-8,10-13H,9,14-17H2,1-2H3. The third-order valence-corrected chi connectivity index (χ3v) is 5.14. The highest BCUT2D eigenvalue weighted by Crippen LogP contribution is 2.32. The minimum absolute atomic E-state index is 0.0551. The molecule has 1 fully saturated rings. The van der Waals surface area contributed by atoms with Gasteiger partial charge < -0.3 is 9.64 Å². The van der Waals surface area contributed by atoms with Crippen molar-refractivity contribution in [2.24, 2.45) is 0 Å². The first-order valence-electron chi connectivity index (χ1n) is 9.28. The van der Waals surface area contributed by atoms with Gasteiger partial charge >= 0.3 is 6.09 Å². The van der Waals surface area contributed by atoms with Crippen molar-refractivity contribution in [3.63, 3.8) is 0 Å². The molecule has 1 heterocycles. The van der Waals surface area contributed by atoms with E-state index in [-0.39, 0.29) is 12.5 Å². The fraction of sp³-hybridized carbons (Fsp3) is 0.364. The van der Waals surface area contributed by atoms with Gasteiger partial charge in [-0.3, -0.25) is 9.69 Å². The van der Waals surface area contributed by atoms with Crippen LogP contribution in [0.2, 0.25) is 0 Å². The van der Waals surface area contributed by atoms with Crippen LogP contribution in [-0.2, 0) is 22.7 Å². The van der Waals surface area contributed by atoms with E-state index in [0.29, 0.717) is 19.5 Å². The van der Waals surface area contributed by atoms with Crippen LogP contribution >= 0.6 is 0 Å². The molecule has 3 rings (SSSR count). The Morgan fingerprint density at radius 2 is 1.63 bits per heavy atom. The van der Waals surface area contributed by atoms with Gasteiger partial charge in [-0.2, -0.15) is 0 Å². The molecule has 0 radical (unpaired) electrons. The number of carbonyl (C=O) groups excluding carboxylic acids is 2. The van der Waals surface area contributed by atoms with Crippen molar-refractivity contribution in [2.45, 2.75) is 38.5 Å². The molecule has 142 valence electrons. The number of ether oxygens (including phenoxy) is 1. The van der Waals surface area contributed by atoms with Gasteiger partial charge in [0.15, 0.2) is 0 Å². The first kappa shape index (κ1) is 19.0. The molecule has 1 atom stereocenters. The molecular weight excluding hydrogens is 340 g/mol. The average Bonchev–Trinajstić information content (AvgIpc) is 3.10. The molecule has 2 aromatic rings. The number of nitrogens with zero attached hydrogens (tertiary/aromatic N) is 2. The Balaban J connectivity index is 1.65. The lowest BCUT2D eigenvalue weighted by Crippen LogP contribution is -2.55. The third-order valence-electron chi connectivity index (χ3n) is 5.14. The van der Waals surface area contributed by atoms with Gasteiger partial charge in [0.05, 0.1) is 0 Å². The van der Waals surface area contributed by atoms with Gasteiger partial charge in [-0.1, -0.05) is 60.7 Å². The van der Waals surface area contributed by atoms with Crippen LogP contribution in [0, 0.1) is 0 Å². The lowest BCUT2D eigenvalue weighted by atomic mass is 9.97. The number of likely N-dealkylation sites (N-methyl/N-ethyl adjacent to an activating group) is 1. The first-order chi connectivity index (χ1) is 13.0. The molecular formula is C22H26N2O3. The number of hydrogen-bond donors (Lipinski definition) is 0. The molecule has 0 bridgehead atoms. The number of amides is 2. The first-order valence-corrected chi connectivity index (χ1v) is 9.28. The lowest BCUT2D eigenvalue weighted by molar-refractivity contribution is -0.140. The van der Waals surface area contributed by atoms with Gasteiger partial charge in [0, 0.05) is 20.1 Å². The van der Waals surface area contributed by atoms with Crippen LogP contribution in [0.5, 0.6) is 0 Å². The Morgan fingerprint density at radius 1 is 1.04 bits per heavy atom. The Hall–Kier alpha value is -2.82. The van der Waals surface area contributed by atoms with E-state index >= 15 is 0 Å². The second-order valence-corrected chi connectivity index (χ2v) is 7.22. The minimum atomic E-state index is -0.864. The van der Waals surface area contributed by atoms with Crippen molar-refractivity contribution < 1.29 is 14.3 Å². The summed E-state index contributed by atoms with van der Waals surface area (Å²) in [7, 11) is 1.78. The van der Waals surface area contributed by atoms with E-state index in [1.165, 1.54) is 0 Å². The summed E-state index contributed by atoms with van der Waals surface area (Å²) in [6, 6.07) is 19.4. The summed E-state index contributed by atoms with van der Waals surface area (Å²) >= 11 is 0. The highest BCUT2D eigenvalue weighted by molar-refractivity contribution is 5.90. The van der Waals surface area contributed by atoms with Gasteiger partial charge in [-0.15, -0.1) is 0 Å². The number of rotatable bonds is 5. The third kappa shape index (κ3) is 4.30. The van der Waals surface area contributed by atoms with Gasteiger partial charge in [0.25, 0.3) is 0 Å². The SMILES string of the molecule is CN(Cc1ccccc1)C(=O)C1(C)CCCN1C(=O)OCc1ccccc1. The molecule has 0 N–H and O–H groups in total. The lowest BCUT2D eigenvalue weighted by Gasteiger charge is -2.36. The topological polar surface area (TPSA) is 49.9 Å². The number of carbonyl (C=O) groups is 2. The number of hydrogen-bond acceptors (Lipinski definition) is 3. The quantitative estimate of drug-likeness (QED) is 0.808. The summed E-state index contributed by atoms with van der Waals surface area (Å²) in [5.74, 6) is -0.0551. The highest BCUT2D eigenvalue weighted by atomic mass is 16.6. The Labute approximate surface area is 160 Å². The maximum Gasteiger partial charge on any atom is 0.410 e. The summed E-state index contributed by atoms with van der Waals surface area (Å²) in [4.78, 5) is 29.1. The van der Waals surface area contributed by atoms with Crippen molar-refractivity contribution in [3.05, 3.63) is 71.8 Å². The van der Waals surface area contributed by atoms with E-state index in [1.807, 2.05) is 67.6 Å². The number of likely N-dealkylation sites (tertiary alicyclic amines) is 1. The van der Waals surface area contributed by atoms with Crippen LogP contribution in [0.3, 0.4) is 0 Å². The average molecular weight is 366 g/mol. The van der Waals surface area contributed by atoms with Crippen LogP contribution in [0.25, 0.3) is 0 Å². The van der Waals surface area contributed by atoms with Crippen LogP contribution < -0.4 is 0 Å². The zero-order chi connectivity index (χ0) is 19.3. The van der Waals surface area contributed by atoms with Gasteiger partial charge in [-0.25, -0.2) is 4.79 Å². The summed E-state index contributed by atoms with van der Waals surface area (Å²) < 4.78 is 5.47. The molecule has 27 heavy (non-hydrogen) atoms. The number of benzene rings is 2. The van der Waals surface area contributed by atoms with Crippen LogP contribution in [-0.4, -0.2) is 40.9 Å². The summed E-state index contributed by atoms with van der Waals surface area (Å²) in [5.41, 5.74) is 1.13. The van der Waals surface area contributed by atoms with Gasteiger partial charge in [-0.05, 0) is 30.9 Å². The molecule has 2 aromatic carbocycles. The summed E-state index contributed by atoms with van der Waals surface area (Å²) in [6.07, 6.45) is 1.01. The molecule has 0 aliphatic carbocycles. The van der Waals surface area contributed by atoms with Crippen molar-refractivity contribution >= 4 is 12.0 Å². The van der Waals surface area contributed by atoms with Crippen molar-refractivity contribution in [1.82, 2.24) is 9.80 Å². The predicted molar refractivity (Wildman–Crippen MR) is 104 cm³/mol. The Morgan fingerprint density at radius 3 is 2.26 bits per heavy atom. The molecule has 5 heteroatoms. The van der Waals surface area contributed by atoms with Gasteiger partial charge in [0.2, 0.25) is 5.91 Å². The monoisotopic (exact) mass is 366 g/mol. The molecule has 1 aliphatic rings. The Kier molecular flexibility index (Phi) is 5.79. The molecule has 2 amide bonds.